The number of halogens is 1. The van der Waals surface area contributed by atoms with Crippen molar-refractivity contribution in [3.63, 3.8) is 0 Å². The molecule has 7 nitrogen and oxygen atoms in total. The molecule has 0 aliphatic carbocycles. The van der Waals surface area contributed by atoms with Gasteiger partial charge in [0.15, 0.2) is 0 Å². The summed E-state index contributed by atoms with van der Waals surface area (Å²) >= 11 is 0. The largest absolute Gasteiger partial charge is 2.00 e. The van der Waals surface area contributed by atoms with Gasteiger partial charge in [-0.25, -0.2) is 4.98 Å². The first-order valence-electron chi connectivity index (χ1n) is 5.36. The Balaban J connectivity index is 0.000000324. The molecule has 0 atom stereocenters. The van der Waals surface area contributed by atoms with E-state index in [1.807, 2.05) is 36.4 Å². The monoisotopic (exact) mass is 360 g/mol. The van der Waals surface area contributed by atoms with Gasteiger partial charge in [0.2, 0.25) is 11.0 Å². The molecule has 0 amide bonds. The zero-order valence-corrected chi connectivity index (χ0v) is 14.4. The molecule has 0 fully saturated rings. The third-order valence-electron chi connectivity index (χ3n) is 2.44. The molecule has 3 aromatic rings. The second-order valence-electron chi connectivity index (χ2n) is 3.78. The molecule has 0 aliphatic rings. The first-order chi connectivity index (χ1) is 9.36. The number of para-hydroxylation sites is 4. The number of hydrogen-bond acceptors (Lipinski definition) is 6. The Labute approximate surface area is 134 Å². The topological polar surface area (TPSA) is 129 Å². The first kappa shape index (κ1) is 17.6. The fourth-order valence-corrected chi connectivity index (χ4v) is 1.72. The van der Waals surface area contributed by atoms with Gasteiger partial charge in [0.1, 0.15) is 11.0 Å². The van der Waals surface area contributed by atoms with E-state index in [1.54, 1.807) is 12.1 Å². The summed E-state index contributed by atoms with van der Waals surface area (Å²) in [6.45, 7) is 0. The zero-order valence-electron chi connectivity index (χ0n) is 10.7. The van der Waals surface area contributed by atoms with E-state index in [-0.39, 0.29) is 19.5 Å². The van der Waals surface area contributed by atoms with Crippen LogP contribution in [0.25, 0.3) is 22.1 Å². The van der Waals surface area contributed by atoms with Crippen LogP contribution in [0.1, 0.15) is 0 Å². The Kier molecular flexibility index (Phi) is 5.91. The third kappa shape index (κ3) is 4.82. The summed E-state index contributed by atoms with van der Waals surface area (Å²) in [6, 6.07) is 14.7. The van der Waals surface area contributed by atoms with Crippen LogP contribution in [0.15, 0.2) is 48.5 Å². The average Bonchev–Trinajstić information content (AvgIpc) is 2.37. The van der Waals surface area contributed by atoms with E-state index in [0.717, 1.165) is 15.8 Å². The summed E-state index contributed by atoms with van der Waals surface area (Å²) < 4.78 is 33.7. The smallest absolute Gasteiger partial charge is 0.618 e. The number of benzene rings is 2. The van der Waals surface area contributed by atoms with E-state index in [9.17, 15) is 5.21 Å². The molecule has 0 spiro atoms. The molecule has 1 aromatic heterocycles. The van der Waals surface area contributed by atoms with Crippen LogP contribution in [0.3, 0.4) is 0 Å². The minimum atomic E-state index is -4.69. The van der Waals surface area contributed by atoms with Crippen LogP contribution < -0.4 is 18.7 Å². The van der Waals surface area contributed by atoms with Gasteiger partial charge in [-0.1, -0.05) is 24.3 Å². The first-order valence-corrected chi connectivity index (χ1v) is 6.63. The molecule has 0 saturated heterocycles. The summed E-state index contributed by atoms with van der Waals surface area (Å²) in [5, 5.41) is 12.0. The van der Waals surface area contributed by atoms with Crippen molar-refractivity contribution in [1.29, 1.82) is 0 Å². The van der Waals surface area contributed by atoms with Crippen LogP contribution in [-0.2, 0) is 19.5 Å². The van der Waals surface area contributed by atoms with Crippen molar-refractivity contribution in [1.82, 2.24) is 4.98 Å². The van der Waals surface area contributed by atoms with Gasteiger partial charge < -0.3 is 5.21 Å². The summed E-state index contributed by atoms with van der Waals surface area (Å²) in [5.41, 5.74) is 2.67. The van der Waals surface area contributed by atoms with Gasteiger partial charge in [0.25, 0.3) is 0 Å². The van der Waals surface area contributed by atoms with Crippen LogP contribution in [0.2, 0.25) is 0 Å². The SMILES string of the molecule is [O-][Cl+3]([O-])([O-])O.[O-][n+]1c2ccccc2nc2ccccc21.[Zn+2]. The van der Waals surface area contributed by atoms with E-state index >= 15 is 0 Å². The quantitative estimate of drug-likeness (QED) is 0.211. The van der Waals surface area contributed by atoms with E-state index in [0.29, 0.717) is 11.0 Å². The van der Waals surface area contributed by atoms with Crippen LogP contribution in [0.5, 0.6) is 0 Å². The number of nitrogens with zero attached hydrogens (tertiary/aromatic N) is 2. The number of fused-ring (bicyclic) bond motifs is 2. The summed E-state index contributed by atoms with van der Waals surface area (Å²) in [4.78, 5) is 4.42. The standard InChI is InChI=1S/C12H8N2O.ClHO4.Zn/c15-14-11-7-3-1-5-9(11)13-10-6-2-4-8-12(10)14;2-1(3,4)5;/h1-8H;(H,2,3,4,5);/q;;+2. The minimum absolute atomic E-state index is 0. The van der Waals surface area contributed by atoms with Crippen molar-refractivity contribution in [2.75, 3.05) is 0 Å². The van der Waals surface area contributed by atoms with E-state index in [4.69, 9.17) is 18.6 Å². The molecule has 0 unspecified atom stereocenters. The molecular weight excluding hydrogens is 353 g/mol. The van der Waals surface area contributed by atoms with Crippen LogP contribution in [-0.4, -0.2) is 9.64 Å². The van der Waals surface area contributed by atoms with E-state index in [1.165, 1.54) is 0 Å². The summed E-state index contributed by atoms with van der Waals surface area (Å²) in [7, 11) is -4.69. The molecule has 3 rings (SSSR count). The predicted molar refractivity (Wildman–Crippen MR) is 60.4 cm³/mol. The van der Waals surface area contributed by atoms with Crippen LogP contribution in [0, 0.1) is 15.5 Å². The molecule has 9 heteroatoms. The van der Waals surface area contributed by atoms with Gasteiger partial charge in [0, 0.05) is 12.1 Å². The van der Waals surface area contributed by atoms with Gasteiger partial charge in [-0.2, -0.15) is 18.7 Å². The van der Waals surface area contributed by atoms with E-state index < -0.39 is 10.2 Å². The van der Waals surface area contributed by atoms with Gasteiger partial charge in [-0.15, -0.1) is 0 Å². The Hall–Kier alpha value is -1.41. The molecular formula is C12H9ClN2O5Zn+2. The maximum Gasteiger partial charge on any atom is 2.00 e. The normalized spacial score (nSPS) is 10.7. The molecule has 1 heterocycles. The number of hydrogen-bond donors (Lipinski definition) is 1. The van der Waals surface area contributed by atoms with Gasteiger partial charge >= 0.3 is 19.5 Å². The molecule has 0 aliphatic heterocycles. The second-order valence-corrected chi connectivity index (χ2v) is 4.57. The Morgan fingerprint density at radius 3 is 1.57 bits per heavy atom. The Morgan fingerprint density at radius 2 is 1.19 bits per heavy atom. The molecule has 2 aromatic carbocycles. The minimum Gasteiger partial charge on any atom is -0.618 e. The van der Waals surface area contributed by atoms with Gasteiger partial charge in [0.05, 0.1) is 14.9 Å². The van der Waals surface area contributed by atoms with E-state index in [2.05, 4.69) is 4.98 Å². The predicted octanol–water partition coefficient (Wildman–Crippen LogP) is -2.11. The molecule has 0 saturated carbocycles. The number of rotatable bonds is 0. The van der Waals surface area contributed by atoms with Crippen molar-refractivity contribution in [2.45, 2.75) is 0 Å². The second kappa shape index (κ2) is 7.04. The average molecular weight is 362 g/mol. The molecule has 0 radical (unpaired) electrons. The maximum atomic E-state index is 12.0. The van der Waals surface area contributed by atoms with Crippen molar-refractivity contribution in [3.05, 3.63) is 53.7 Å². The Morgan fingerprint density at radius 1 is 0.857 bits per heavy atom. The summed E-state index contributed by atoms with van der Waals surface area (Å²) in [5.74, 6) is 0. The van der Waals surface area contributed by atoms with Crippen LogP contribution in [0.4, 0.5) is 0 Å². The van der Waals surface area contributed by atoms with Gasteiger partial charge in [-0.3, -0.25) is 0 Å². The van der Waals surface area contributed by atoms with Gasteiger partial charge in [-0.05, 0) is 12.1 Å². The van der Waals surface area contributed by atoms with Crippen molar-refractivity contribution in [2.24, 2.45) is 0 Å². The number of aromatic nitrogens is 2. The summed E-state index contributed by atoms with van der Waals surface area (Å²) in [6.07, 6.45) is 0. The Bertz CT molecular complexity index is 690. The molecule has 0 bridgehead atoms. The molecule has 21 heavy (non-hydrogen) atoms. The third-order valence-corrected chi connectivity index (χ3v) is 2.44. The van der Waals surface area contributed by atoms with Crippen molar-refractivity contribution in [3.8, 4) is 0 Å². The van der Waals surface area contributed by atoms with Crippen LogP contribution >= 0.6 is 0 Å². The fourth-order valence-electron chi connectivity index (χ4n) is 1.72. The van der Waals surface area contributed by atoms with Crippen molar-refractivity contribution < 1.29 is 53.1 Å². The van der Waals surface area contributed by atoms with Crippen molar-refractivity contribution >= 4 is 22.1 Å². The zero-order chi connectivity index (χ0) is 14.8. The molecule has 104 valence electrons. The maximum absolute atomic E-state index is 12.0. The molecule has 1 N–H and O–H groups in total. The fraction of sp³-hybridized carbons (Fsp3) is 0.